The summed E-state index contributed by atoms with van der Waals surface area (Å²) in [6, 6.07) is 15.2. The van der Waals surface area contributed by atoms with Gasteiger partial charge < -0.3 is 4.74 Å². The van der Waals surface area contributed by atoms with E-state index in [9.17, 15) is 4.79 Å². The van der Waals surface area contributed by atoms with E-state index in [-0.39, 0.29) is 6.03 Å². The Labute approximate surface area is 147 Å². The molecule has 0 aromatic heterocycles. The number of rotatable bonds is 6. The van der Waals surface area contributed by atoms with Crippen LogP contribution in [0.4, 0.5) is 4.79 Å². The fourth-order valence-corrected chi connectivity index (χ4v) is 2.47. The highest BCUT2D eigenvalue weighted by atomic mass is 79.9. The molecule has 2 aromatic rings. The van der Waals surface area contributed by atoms with Gasteiger partial charge in [0.2, 0.25) is 0 Å². The first-order chi connectivity index (χ1) is 11.2. The van der Waals surface area contributed by atoms with Crippen LogP contribution in [0.5, 0.6) is 5.75 Å². The van der Waals surface area contributed by atoms with Gasteiger partial charge in [-0.05, 0) is 45.3 Å². The van der Waals surface area contributed by atoms with Crippen LogP contribution in [0.1, 0.15) is 11.1 Å². The maximum Gasteiger partial charge on any atom is 0.345 e. The number of nitrogens with one attached hydrogen (secondary N) is 2. The lowest BCUT2D eigenvalue weighted by Gasteiger charge is -2.08. The second kappa shape index (κ2) is 9.22. The number of benzene rings is 2. The van der Waals surface area contributed by atoms with Crippen LogP contribution >= 0.6 is 27.9 Å². The predicted molar refractivity (Wildman–Crippen MR) is 97.7 cm³/mol. The van der Waals surface area contributed by atoms with E-state index in [4.69, 9.17) is 4.74 Å². The summed E-state index contributed by atoms with van der Waals surface area (Å²) in [6.45, 7) is 0.503. The van der Waals surface area contributed by atoms with Gasteiger partial charge in [-0.1, -0.05) is 42.3 Å². The summed E-state index contributed by atoms with van der Waals surface area (Å²) in [6.07, 6.45) is 3.32. The Hall–Kier alpha value is -1.99. The second-order valence-electron chi connectivity index (χ2n) is 4.47. The lowest BCUT2D eigenvalue weighted by atomic mass is 10.2. The first-order valence-electron chi connectivity index (χ1n) is 6.77. The summed E-state index contributed by atoms with van der Waals surface area (Å²) in [5.41, 5.74) is 4.31. The number of hydrogen-bond donors (Lipinski definition) is 2. The molecule has 0 unspecified atom stereocenters. The molecule has 0 atom stereocenters. The third kappa shape index (κ3) is 5.96. The van der Waals surface area contributed by atoms with Crippen molar-refractivity contribution in [2.45, 2.75) is 6.61 Å². The first kappa shape index (κ1) is 17.4. The van der Waals surface area contributed by atoms with Gasteiger partial charge in [0, 0.05) is 6.26 Å². The summed E-state index contributed by atoms with van der Waals surface area (Å²) in [7, 11) is 0. The number of carbonyl (C=O) groups excluding carboxylic acids is 1. The highest BCUT2D eigenvalue weighted by Crippen LogP contribution is 2.26. The van der Waals surface area contributed by atoms with E-state index in [1.54, 1.807) is 12.5 Å². The van der Waals surface area contributed by atoms with E-state index < -0.39 is 0 Å². The van der Waals surface area contributed by atoms with Gasteiger partial charge in [-0.25, -0.2) is 10.2 Å². The third-order valence-corrected chi connectivity index (χ3v) is 3.78. The van der Waals surface area contributed by atoms with Crippen molar-refractivity contribution in [3.05, 3.63) is 64.1 Å². The molecule has 23 heavy (non-hydrogen) atoms. The molecule has 2 N–H and O–H groups in total. The first-order valence-corrected chi connectivity index (χ1v) is 8.79. The number of amides is 2. The SMILES string of the molecule is CSNC(=O)N/N=C/c1ccc(OCc2ccccc2)c(Br)c1. The van der Waals surface area contributed by atoms with E-state index in [0.29, 0.717) is 6.61 Å². The van der Waals surface area contributed by atoms with Gasteiger partial charge in [-0.15, -0.1) is 0 Å². The smallest absolute Gasteiger partial charge is 0.345 e. The quantitative estimate of drug-likeness (QED) is 0.443. The molecule has 2 aromatic carbocycles. The van der Waals surface area contributed by atoms with Gasteiger partial charge in [-0.3, -0.25) is 4.72 Å². The largest absolute Gasteiger partial charge is 0.488 e. The molecular weight excluding hydrogens is 378 g/mol. The number of nitrogens with zero attached hydrogens (tertiary/aromatic N) is 1. The van der Waals surface area contributed by atoms with Gasteiger partial charge in [0.15, 0.2) is 0 Å². The van der Waals surface area contributed by atoms with Crippen LogP contribution in [0.25, 0.3) is 0 Å². The van der Waals surface area contributed by atoms with Gasteiger partial charge in [0.05, 0.1) is 10.7 Å². The highest BCUT2D eigenvalue weighted by molar-refractivity contribution is 9.10. The van der Waals surface area contributed by atoms with Gasteiger partial charge in [-0.2, -0.15) is 5.10 Å². The van der Waals surface area contributed by atoms with Gasteiger partial charge >= 0.3 is 6.03 Å². The summed E-state index contributed by atoms with van der Waals surface area (Å²) in [5.74, 6) is 0.749. The zero-order valence-corrected chi connectivity index (χ0v) is 14.9. The normalized spacial score (nSPS) is 10.5. The van der Waals surface area contributed by atoms with Crippen molar-refractivity contribution in [3.63, 3.8) is 0 Å². The standard InChI is InChI=1S/C16H16BrN3O2S/c1-23-20-16(21)19-18-10-13-7-8-15(14(17)9-13)22-11-12-5-3-2-4-6-12/h2-10H,11H2,1H3,(H2,19,20,21)/b18-10+. The van der Waals surface area contributed by atoms with Crippen molar-refractivity contribution in [2.24, 2.45) is 5.10 Å². The van der Waals surface area contributed by atoms with Gasteiger partial charge in [0.1, 0.15) is 12.4 Å². The fourth-order valence-electron chi connectivity index (χ4n) is 1.73. The Morgan fingerprint density at radius 1 is 1.30 bits per heavy atom. The zero-order valence-electron chi connectivity index (χ0n) is 12.5. The topological polar surface area (TPSA) is 62.7 Å². The molecule has 2 rings (SSSR count). The Balaban J connectivity index is 1.92. The number of carbonyl (C=O) groups is 1. The van der Waals surface area contributed by atoms with Crippen LogP contribution in [0.3, 0.4) is 0 Å². The molecule has 0 fully saturated rings. The van der Waals surface area contributed by atoms with Crippen LogP contribution in [-0.4, -0.2) is 18.5 Å². The summed E-state index contributed by atoms with van der Waals surface area (Å²) < 4.78 is 9.11. The molecule has 0 heterocycles. The van der Waals surface area contributed by atoms with E-state index in [1.807, 2.05) is 48.5 Å². The molecular formula is C16H16BrN3O2S. The Kier molecular flexibility index (Phi) is 6.96. The molecule has 0 spiro atoms. The molecule has 0 saturated carbocycles. The van der Waals surface area contributed by atoms with E-state index >= 15 is 0 Å². The van der Waals surface area contributed by atoms with Crippen LogP contribution in [0.15, 0.2) is 58.1 Å². The minimum atomic E-state index is -0.365. The average Bonchev–Trinajstić information content (AvgIpc) is 2.55. The molecule has 2 amide bonds. The van der Waals surface area contributed by atoms with Crippen molar-refractivity contribution in [2.75, 3.05) is 6.26 Å². The lowest BCUT2D eigenvalue weighted by molar-refractivity contribution is 0.247. The molecule has 0 aliphatic rings. The Morgan fingerprint density at radius 3 is 2.78 bits per heavy atom. The van der Waals surface area contributed by atoms with Crippen LogP contribution in [-0.2, 0) is 6.61 Å². The second-order valence-corrected chi connectivity index (χ2v) is 5.94. The number of hydrogen-bond acceptors (Lipinski definition) is 4. The number of halogens is 1. The molecule has 0 radical (unpaired) electrons. The maximum absolute atomic E-state index is 11.2. The van der Waals surface area contributed by atoms with Crippen molar-refractivity contribution < 1.29 is 9.53 Å². The Morgan fingerprint density at radius 2 is 2.09 bits per heavy atom. The number of hydrazone groups is 1. The molecule has 0 aliphatic heterocycles. The highest BCUT2D eigenvalue weighted by Gasteiger charge is 2.03. The summed E-state index contributed by atoms with van der Waals surface area (Å²) >= 11 is 4.68. The molecule has 5 nitrogen and oxygen atoms in total. The van der Waals surface area contributed by atoms with E-state index in [1.165, 1.54) is 11.9 Å². The number of ether oxygens (including phenoxy) is 1. The van der Waals surface area contributed by atoms with Crippen LogP contribution in [0, 0.1) is 0 Å². The van der Waals surface area contributed by atoms with Gasteiger partial charge in [0.25, 0.3) is 0 Å². The minimum Gasteiger partial charge on any atom is -0.488 e. The van der Waals surface area contributed by atoms with Crippen molar-refractivity contribution in [1.82, 2.24) is 10.1 Å². The van der Waals surface area contributed by atoms with E-state index in [2.05, 4.69) is 31.2 Å². The fraction of sp³-hybridized carbons (Fsp3) is 0.125. The molecule has 120 valence electrons. The van der Waals surface area contributed by atoms with Crippen LogP contribution in [0.2, 0.25) is 0 Å². The summed E-state index contributed by atoms with van der Waals surface area (Å²) in [4.78, 5) is 11.2. The third-order valence-electron chi connectivity index (χ3n) is 2.77. The molecule has 0 saturated heterocycles. The predicted octanol–water partition coefficient (Wildman–Crippen LogP) is 3.94. The Bertz CT molecular complexity index is 680. The molecule has 0 aliphatic carbocycles. The average molecular weight is 394 g/mol. The van der Waals surface area contributed by atoms with E-state index in [0.717, 1.165) is 21.3 Å². The minimum absolute atomic E-state index is 0.365. The maximum atomic E-state index is 11.2. The number of urea groups is 1. The summed E-state index contributed by atoms with van der Waals surface area (Å²) in [5, 5.41) is 3.86. The van der Waals surface area contributed by atoms with Crippen molar-refractivity contribution >= 4 is 40.1 Å². The zero-order chi connectivity index (χ0) is 16.5. The van der Waals surface area contributed by atoms with Crippen molar-refractivity contribution in [3.8, 4) is 5.75 Å². The molecule has 7 heteroatoms. The van der Waals surface area contributed by atoms with Crippen LogP contribution < -0.4 is 14.9 Å². The molecule has 0 bridgehead atoms. The monoisotopic (exact) mass is 393 g/mol. The lowest BCUT2D eigenvalue weighted by Crippen LogP contribution is -2.26. The van der Waals surface area contributed by atoms with Crippen molar-refractivity contribution in [1.29, 1.82) is 0 Å².